The molecule has 0 spiro atoms. The molecule has 0 bridgehead atoms. The zero-order valence-electron chi connectivity index (χ0n) is 16.6. The van der Waals surface area contributed by atoms with E-state index in [-0.39, 0.29) is 34.8 Å². The third-order valence-electron chi connectivity index (χ3n) is 4.94. The van der Waals surface area contributed by atoms with Crippen LogP contribution in [0.3, 0.4) is 0 Å². The van der Waals surface area contributed by atoms with Crippen molar-refractivity contribution in [2.75, 3.05) is 13.1 Å². The molecule has 1 fully saturated rings. The Labute approximate surface area is 186 Å². The molecule has 1 aliphatic rings. The van der Waals surface area contributed by atoms with E-state index in [1.807, 2.05) is 0 Å². The van der Waals surface area contributed by atoms with Crippen molar-refractivity contribution in [2.45, 2.75) is 23.7 Å². The number of ether oxygens (including phenoxy) is 1. The van der Waals surface area contributed by atoms with E-state index in [9.17, 15) is 23.3 Å². The fourth-order valence-electron chi connectivity index (χ4n) is 3.30. The first-order valence-electron chi connectivity index (χ1n) is 9.62. The molecular formula is C19H18N4O7S2. The maximum Gasteiger partial charge on any atom is 0.310 e. The Balaban J connectivity index is 1.35. The van der Waals surface area contributed by atoms with E-state index in [0.29, 0.717) is 24.9 Å². The highest BCUT2D eigenvalue weighted by atomic mass is 32.2. The minimum atomic E-state index is -3.63. The number of rotatable bonds is 7. The van der Waals surface area contributed by atoms with Gasteiger partial charge in [-0.15, -0.1) is 21.5 Å². The molecule has 1 unspecified atom stereocenters. The third kappa shape index (κ3) is 4.69. The summed E-state index contributed by atoms with van der Waals surface area (Å²) in [5.41, 5.74) is 0.424. The van der Waals surface area contributed by atoms with Gasteiger partial charge in [0.2, 0.25) is 5.89 Å². The fourth-order valence-corrected chi connectivity index (χ4v) is 5.96. The zero-order chi connectivity index (χ0) is 22.7. The van der Waals surface area contributed by atoms with Gasteiger partial charge in [-0.2, -0.15) is 4.31 Å². The molecule has 11 nitrogen and oxygen atoms in total. The van der Waals surface area contributed by atoms with Crippen molar-refractivity contribution in [3.63, 3.8) is 0 Å². The van der Waals surface area contributed by atoms with Crippen molar-refractivity contribution in [3.05, 3.63) is 57.8 Å². The Bertz CT molecular complexity index is 1210. The number of carbonyl (C=O) groups is 1. The molecule has 13 heteroatoms. The second-order valence-electron chi connectivity index (χ2n) is 7.05. The number of thiophene rings is 1. The Morgan fingerprint density at radius 1 is 1.28 bits per heavy atom. The van der Waals surface area contributed by atoms with Crippen LogP contribution in [0.15, 0.2) is 50.4 Å². The summed E-state index contributed by atoms with van der Waals surface area (Å²) in [6, 6.07) is 8.80. The Kier molecular flexibility index (Phi) is 6.30. The first-order chi connectivity index (χ1) is 15.3. The van der Waals surface area contributed by atoms with Gasteiger partial charge in [-0.3, -0.25) is 14.9 Å². The van der Waals surface area contributed by atoms with Gasteiger partial charge in [-0.1, -0.05) is 6.07 Å². The number of piperidine rings is 1. The molecule has 0 saturated carbocycles. The van der Waals surface area contributed by atoms with Gasteiger partial charge < -0.3 is 9.15 Å². The van der Waals surface area contributed by atoms with Crippen LogP contribution in [0.4, 0.5) is 5.69 Å². The fraction of sp³-hybridized carbons (Fsp3) is 0.316. The molecule has 1 aliphatic heterocycles. The summed E-state index contributed by atoms with van der Waals surface area (Å²) in [7, 11) is -3.63. The van der Waals surface area contributed by atoms with Crippen LogP contribution in [0.1, 0.15) is 18.7 Å². The summed E-state index contributed by atoms with van der Waals surface area (Å²) >= 11 is 1.14. The van der Waals surface area contributed by atoms with E-state index >= 15 is 0 Å². The highest BCUT2D eigenvalue weighted by molar-refractivity contribution is 7.91. The maximum atomic E-state index is 12.7. The van der Waals surface area contributed by atoms with E-state index < -0.39 is 26.8 Å². The predicted molar refractivity (Wildman–Crippen MR) is 112 cm³/mol. The van der Waals surface area contributed by atoms with E-state index in [0.717, 1.165) is 11.3 Å². The molecule has 0 aliphatic carbocycles. The number of nitro groups is 1. The molecule has 1 aromatic carbocycles. The van der Waals surface area contributed by atoms with Crippen LogP contribution in [0, 0.1) is 16.0 Å². The summed E-state index contributed by atoms with van der Waals surface area (Å²) in [5, 5.41) is 20.1. The largest absolute Gasteiger partial charge is 0.455 e. The van der Waals surface area contributed by atoms with Gasteiger partial charge >= 0.3 is 5.97 Å². The molecule has 32 heavy (non-hydrogen) atoms. The number of sulfonamides is 1. The van der Waals surface area contributed by atoms with Gasteiger partial charge in [0.25, 0.3) is 21.6 Å². The Morgan fingerprint density at radius 2 is 2.06 bits per heavy atom. The topological polar surface area (TPSA) is 146 Å². The normalized spacial score (nSPS) is 17.2. The molecule has 2 aromatic heterocycles. The summed E-state index contributed by atoms with van der Waals surface area (Å²) in [5.74, 6) is -0.927. The molecule has 3 aromatic rings. The van der Waals surface area contributed by atoms with Gasteiger partial charge in [0.1, 0.15) is 4.21 Å². The van der Waals surface area contributed by atoms with Gasteiger partial charge in [-0.05, 0) is 36.4 Å². The van der Waals surface area contributed by atoms with E-state index in [1.54, 1.807) is 17.5 Å². The number of carbonyl (C=O) groups excluding carboxylic acids is 1. The number of hydrogen-bond acceptors (Lipinski definition) is 10. The van der Waals surface area contributed by atoms with Gasteiger partial charge in [0, 0.05) is 30.8 Å². The SMILES string of the molecule is O=C(OCc1nnc(-c2ccc([N+](=O)[O-])cc2)o1)C1CCCN(S(=O)(=O)c2cccs2)C1. The van der Waals surface area contributed by atoms with Gasteiger partial charge in [-0.25, -0.2) is 8.42 Å². The molecule has 3 heterocycles. The van der Waals surface area contributed by atoms with Crippen LogP contribution in [0.5, 0.6) is 0 Å². The van der Waals surface area contributed by atoms with E-state index in [4.69, 9.17) is 9.15 Å². The van der Waals surface area contributed by atoms with Gasteiger partial charge in [0.05, 0.1) is 10.8 Å². The number of aromatic nitrogens is 2. The third-order valence-corrected chi connectivity index (χ3v) is 8.17. The zero-order valence-corrected chi connectivity index (χ0v) is 18.3. The Hall–Kier alpha value is -3.16. The van der Waals surface area contributed by atoms with E-state index in [2.05, 4.69) is 10.2 Å². The number of nitrogens with zero attached hydrogens (tertiary/aromatic N) is 4. The molecule has 0 N–H and O–H groups in total. The average Bonchev–Trinajstić information content (AvgIpc) is 3.50. The highest BCUT2D eigenvalue weighted by Crippen LogP contribution is 2.27. The lowest BCUT2D eigenvalue weighted by Gasteiger charge is -2.30. The smallest absolute Gasteiger partial charge is 0.310 e. The number of nitro benzene ring substituents is 1. The summed E-state index contributed by atoms with van der Waals surface area (Å²) in [6.45, 7) is 0.149. The lowest BCUT2D eigenvalue weighted by atomic mass is 10.0. The average molecular weight is 479 g/mol. The van der Waals surface area contributed by atoms with Crippen molar-refractivity contribution in [3.8, 4) is 11.5 Å². The number of non-ortho nitro benzene ring substituents is 1. The molecular weight excluding hydrogens is 460 g/mol. The molecule has 168 valence electrons. The van der Waals surface area contributed by atoms with Crippen molar-refractivity contribution >= 4 is 33.0 Å². The quantitative estimate of drug-likeness (QED) is 0.284. The molecule has 0 radical (unpaired) electrons. The van der Waals surface area contributed by atoms with E-state index in [1.165, 1.54) is 28.6 Å². The van der Waals surface area contributed by atoms with Crippen molar-refractivity contribution < 1.29 is 27.3 Å². The van der Waals surface area contributed by atoms with Crippen LogP contribution < -0.4 is 0 Å². The number of esters is 1. The second kappa shape index (κ2) is 9.14. The first-order valence-corrected chi connectivity index (χ1v) is 11.9. The number of hydrogen-bond donors (Lipinski definition) is 0. The monoisotopic (exact) mass is 478 g/mol. The lowest BCUT2D eigenvalue weighted by molar-refractivity contribution is -0.384. The molecule has 0 amide bonds. The molecule has 1 atom stereocenters. The summed E-state index contributed by atoms with van der Waals surface area (Å²) in [6.07, 6.45) is 1.07. The Morgan fingerprint density at radius 3 is 2.75 bits per heavy atom. The van der Waals surface area contributed by atoms with Crippen LogP contribution in [0.25, 0.3) is 11.5 Å². The predicted octanol–water partition coefficient (Wildman–Crippen LogP) is 2.85. The second-order valence-corrected chi connectivity index (χ2v) is 10.2. The van der Waals surface area contributed by atoms with Crippen LogP contribution in [-0.4, -0.2) is 46.9 Å². The minimum Gasteiger partial charge on any atom is -0.455 e. The molecule has 1 saturated heterocycles. The highest BCUT2D eigenvalue weighted by Gasteiger charge is 2.34. The van der Waals surface area contributed by atoms with Gasteiger partial charge in [0.15, 0.2) is 6.61 Å². The van der Waals surface area contributed by atoms with Crippen molar-refractivity contribution in [1.29, 1.82) is 0 Å². The summed E-state index contributed by atoms with van der Waals surface area (Å²) < 4.78 is 37.7. The van der Waals surface area contributed by atoms with Crippen LogP contribution >= 0.6 is 11.3 Å². The number of benzene rings is 1. The molecule has 4 rings (SSSR count). The lowest BCUT2D eigenvalue weighted by Crippen LogP contribution is -2.42. The van der Waals surface area contributed by atoms with Crippen molar-refractivity contribution in [2.24, 2.45) is 5.92 Å². The van der Waals surface area contributed by atoms with Crippen LogP contribution in [-0.2, 0) is 26.2 Å². The van der Waals surface area contributed by atoms with Crippen molar-refractivity contribution in [1.82, 2.24) is 14.5 Å². The minimum absolute atomic E-state index is 0.0525. The van der Waals surface area contributed by atoms with Crippen LogP contribution in [0.2, 0.25) is 0 Å². The summed E-state index contributed by atoms with van der Waals surface area (Å²) in [4.78, 5) is 22.7. The first kappa shape index (κ1) is 22.0. The maximum absolute atomic E-state index is 12.7. The standard InChI is InChI=1S/C19H18N4O7S2/c24-19(14-3-1-9-22(11-14)32(27,28)17-4-2-10-31-17)29-12-16-20-21-18(30-16)13-5-7-15(8-6-13)23(25)26/h2,4-8,10,14H,1,3,9,11-12H2.